The number of hydrogen-bond acceptors (Lipinski definition) is 4. The first kappa shape index (κ1) is 11.9. The monoisotopic (exact) mass is 223 g/mol. The number of ether oxygens (including phenoxy) is 2. The molecule has 0 aromatic carbocycles. The number of primary sulfonamides is 1. The molecule has 1 rings (SSSR count). The zero-order valence-electron chi connectivity index (χ0n) is 8.15. The predicted molar refractivity (Wildman–Crippen MR) is 52.4 cm³/mol. The van der Waals surface area contributed by atoms with Crippen molar-refractivity contribution in [1.82, 2.24) is 0 Å². The van der Waals surface area contributed by atoms with Crippen molar-refractivity contribution in [2.45, 2.75) is 25.4 Å². The molecule has 5 nitrogen and oxygen atoms in total. The molecule has 0 saturated carbocycles. The van der Waals surface area contributed by atoms with Crippen LogP contribution in [0, 0.1) is 0 Å². The molecule has 2 N–H and O–H groups in total. The Morgan fingerprint density at radius 1 is 1.36 bits per heavy atom. The van der Waals surface area contributed by atoms with Gasteiger partial charge in [-0.05, 0) is 19.3 Å². The van der Waals surface area contributed by atoms with Gasteiger partial charge >= 0.3 is 0 Å². The summed E-state index contributed by atoms with van der Waals surface area (Å²) in [6.07, 6.45) is 2.49. The molecule has 0 atom stereocenters. The molecule has 0 aromatic heterocycles. The van der Waals surface area contributed by atoms with Gasteiger partial charge in [-0.3, -0.25) is 0 Å². The predicted octanol–water partition coefficient (Wildman–Crippen LogP) is -0.139. The van der Waals surface area contributed by atoms with Crippen LogP contribution in [-0.2, 0) is 19.5 Å². The lowest BCUT2D eigenvalue weighted by molar-refractivity contribution is -0.0313. The van der Waals surface area contributed by atoms with E-state index in [9.17, 15) is 8.42 Å². The maximum atomic E-state index is 10.6. The van der Waals surface area contributed by atoms with Crippen molar-refractivity contribution in [2.24, 2.45) is 5.14 Å². The van der Waals surface area contributed by atoms with E-state index in [2.05, 4.69) is 0 Å². The zero-order valence-corrected chi connectivity index (χ0v) is 8.96. The van der Waals surface area contributed by atoms with E-state index >= 15 is 0 Å². The Kier molecular flexibility index (Phi) is 4.80. The molecule has 0 radical (unpaired) electrons. The molecule has 0 aromatic rings. The van der Waals surface area contributed by atoms with E-state index < -0.39 is 10.0 Å². The van der Waals surface area contributed by atoms with E-state index in [0.29, 0.717) is 13.0 Å². The van der Waals surface area contributed by atoms with Crippen LogP contribution in [0.2, 0.25) is 0 Å². The second-order valence-electron chi connectivity index (χ2n) is 3.40. The van der Waals surface area contributed by atoms with Crippen molar-refractivity contribution in [1.29, 1.82) is 0 Å². The van der Waals surface area contributed by atoms with E-state index in [1.165, 1.54) is 0 Å². The van der Waals surface area contributed by atoms with E-state index in [4.69, 9.17) is 14.6 Å². The summed E-state index contributed by atoms with van der Waals surface area (Å²) in [5.41, 5.74) is 0. The van der Waals surface area contributed by atoms with Gasteiger partial charge in [0.15, 0.2) is 0 Å². The molecule has 0 unspecified atom stereocenters. The normalized spacial score (nSPS) is 19.8. The average molecular weight is 223 g/mol. The van der Waals surface area contributed by atoms with Gasteiger partial charge in [0.1, 0.15) is 0 Å². The minimum atomic E-state index is -3.33. The van der Waals surface area contributed by atoms with Gasteiger partial charge in [0.25, 0.3) is 0 Å². The Bertz CT molecular complexity index is 246. The third kappa shape index (κ3) is 5.54. The molecule has 84 valence electrons. The first-order chi connectivity index (χ1) is 6.58. The Hall–Kier alpha value is -0.170. The van der Waals surface area contributed by atoms with Crippen molar-refractivity contribution in [2.75, 3.05) is 25.6 Å². The topological polar surface area (TPSA) is 78.6 Å². The maximum Gasteiger partial charge on any atom is 0.209 e. The Morgan fingerprint density at radius 3 is 2.57 bits per heavy atom. The zero-order chi connectivity index (χ0) is 10.4. The Morgan fingerprint density at radius 2 is 2.00 bits per heavy atom. The minimum Gasteiger partial charge on any atom is -0.381 e. The summed E-state index contributed by atoms with van der Waals surface area (Å²) in [6, 6.07) is 0. The quantitative estimate of drug-likeness (QED) is 0.658. The van der Waals surface area contributed by atoms with Crippen LogP contribution >= 0.6 is 0 Å². The molecular formula is C8H17NO4S. The molecule has 1 aliphatic rings. The highest BCUT2D eigenvalue weighted by molar-refractivity contribution is 7.89. The molecule has 0 bridgehead atoms. The van der Waals surface area contributed by atoms with Gasteiger partial charge in [0.05, 0.1) is 11.9 Å². The van der Waals surface area contributed by atoms with Crippen LogP contribution < -0.4 is 5.14 Å². The molecule has 0 amide bonds. The van der Waals surface area contributed by atoms with Crippen LogP contribution in [0.25, 0.3) is 0 Å². The fourth-order valence-electron chi connectivity index (χ4n) is 1.35. The summed E-state index contributed by atoms with van der Waals surface area (Å²) in [5.74, 6) is -0.00375. The van der Waals surface area contributed by atoms with Crippen LogP contribution in [0.4, 0.5) is 0 Å². The van der Waals surface area contributed by atoms with Crippen LogP contribution in [0.1, 0.15) is 19.3 Å². The number of hydrogen-bond donors (Lipinski definition) is 1. The van der Waals surface area contributed by atoms with Gasteiger partial charge < -0.3 is 9.47 Å². The van der Waals surface area contributed by atoms with Crippen LogP contribution in [-0.4, -0.2) is 40.1 Å². The molecule has 6 heteroatoms. The highest BCUT2D eigenvalue weighted by Gasteiger charge is 2.13. The summed E-state index contributed by atoms with van der Waals surface area (Å²) in [5, 5.41) is 4.85. The molecular weight excluding hydrogens is 206 g/mol. The van der Waals surface area contributed by atoms with E-state index in [1.54, 1.807) is 0 Å². The Balaban J connectivity index is 2.03. The first-order valence-electron chi connectivity index (χ1n) is 4.78. The van der Waals surface area contributed by atoms with Crippen LogP contribution in [0.5, 0.6) is 0 Å². The maximum absolute atomic E-state index is 10.6. The molecule has 0 spiro atoms. The van der Waals surface area contributed by atoms with Crippen molar-refractivity contribution >= 4 is 10.0 Å². The largest absolute Gasteiger partial charge is 0.381 e. The lowest BCUT2D eigenvalue weighted by Gasteiger charge is -2.22. The summed E-state index contributed by atoms with van der Waals surface area (Å²) in [7, 11) is -3.33. The molecule has 1 saturated heterocycles. The highest BCUT2D eigenvalue weighted by Crippen LogP contribution is 2.10. The van der Waals surface area contributed by atoms with Crippen molar-refractivity contribution in [3.8, 4) is 0 Å². The lowest BCUT2D eigenvalue weighted by atomic mass is 10.1. The molecule has 1 fully saturated rings. The van der Waals surface area contributed by atoms with Gasteiger partial charge in [-0.25, -0.2) is 13.6 Å². The minimum absolute atomic E-state index is 0.00375. The van der Waals surface area contributed by atoms with Gasteiger partial charge in [-0.2, -0.15) is 0 Å². The fraction of sp³-hybridized carbons (Fsp3) is 1.00. The summed E-state index contributed by atoms with van der Waals surface area (Å²) in [4.78, 5) is 0. The third-order valence-electron chi connectivity index (χ3n) is 2.10. The smallest absolute Gasteiger partial charge is 0.209 e. The number of rotatable bonds is 5. The first-order valence-corrected chi connectivity index (χ1v) is 6.49. The van der Waals surface area contributed by atoms with Crippen molar-refractivity contribution in [3.05, 3.63) is 0 Å². The Labute approximate surface area is 84.6 Å². The number of nitrogens with two attached hydrogens (primary N) is 1. The molecule has 14 heavy (non-hydrogen) atoms. The lowest BCUT2D eigenvalue weighted by Crippen LogP contribution is -2.25. The standard InChI is InChI=1S/C8H17NO4S/c9-14(10,11)7-1-4-13-8-2-5-12-6-3-8/h8H,1-7H2,(H2,9,10,11). The molecule has 0 aliphatic carbocycles. The summed E-state index contributed by atoms with van der Waals surface area (Å²) >= 11 is 0. The second-order valence-corrected chi connectivity index (χ2v) is 5.14. The van der Waals surface area contributed by atoms with Crippen LogP contribution in [0.15, 0.2) is 0 Å². The molecule has 1 aliphatic heterocycles. The molecule has 1 heterocycles. The van der Waals surface area contributed by atoms with E-state index in [0.717, 1.165) is 26.1 Å². The number of sulfonamides is 1. The fourth-order valence-corrected chi connectivity index (χ4v) is 1.87. The highest BCUT2D eigenvalue weighted by atomic mass is 32.2. The summed E-state index contributed by atoms with van der Waals surface area (Å²) in [6.45, 7) is 1.93. The van der Waals surface area contributed by atoms with Gasteiger partial charge in [0, 0.05) is 19.8 Å². The van der Waals surface area contributed by atoms with Gasteiger partial charge in [0.2, 0.25) is 10.0 Å². The van der Waals surface area contributed by atoms with E-state index in [1.807, 2.05) is 0 Å². The average Bonchev–Trinajstić information content (AvgIpc) is 2.13. The third-order valence-corrected chi connectivity index (χ3v) is 2.95. The SMILES string of the molecule is NS(=O)(=O)CCCOC1CCOCC1. The summed E-state index contributed by atoms with van der Waals surface area (Å²) < 4.78 is 31.8. The van der Waals surface area contributed by atoms with Crippen molar-refractivity contribution in [3.63, 3.8) is 0 Å². The van der Waals surface area contributed by atoms with Gasteiger partial charge in [-0.15, -0.1) is 0 Å². The van der Waals surface area contributed by atoms with Crippen LogP contribution in [0.3, 0.4) is 0 Å². The second kappa shape index (κ2) is 5.65. The van der Waals surface area contributed by atoms with Crippen molar-refractivity contribution < 1.29 is 17.9 Å². The van der Waals surface area contributed by atoms with Gasteiger partial charge in [-0.1, -0.05) is 0 Å². The van der Waals surface area contributed by atoms with E-state index in [-0.39, 0.29) is 11.9 Å².